The van der Waals surface area contributed by atoms with Gasteiger partial charge in [-0.15, -0.1) is 0 Å². The van der Waals surface area contributed by atoms with Gasteiger partial charge in [0, 0.05) is 51.3 Å². The lowest BCUT2D eigenvalue weighted by Gasteiger charge is -2.27. The second-order valence-corrected chi connectivity index (χ2v) is 7.13. The normalized spacial score (nSPS) is 21.2. The zero-order valence-corrected chi connectivity index (χ0v) is 15.7. The van der Waals surface area contributed by atoms with Gasteiger partial charge in [-0.2, -0.15) is 0 Å². The molecular formula is C19H27N5O3. The summed E-state index contributed by atoms with van der Waals surface area (Å²) in [7, 11) is 2.01. The van der Waals surface area contributed by atoms with Crippen molar-refractivity contribution in [3.05, 3.63) is 23.8 Å². The zero-order valence-electron chi connectivity index (χ0n) is 15.7. The summed E-state index contributed by atoms with van der Waals surface area (Å²) in [5, 5.41) is 6.35. The minimum atomic E-state index is -0.0697. The average Bonchev–Trinajstić information content (AvgIpc) is 2.87. The highest BCUT2D eigenvalue weighted by molar-refractivity contribution is 5.97. The molecule has 0 unspecified atom stereocenters. The van der Waals surface area contributed by atoms with Gasteiger partial charge in [-0.1, -0.05) is 0 Å². The van der Waals surface area contributed by atoms with E-state index < -0.39 is 0 Å². The summed E-state index contributed by atoms with van der Waals surface area (Å²) in [6, 6.07) is 5.71. The highest BCUT2D eigenvalue weighted by Crippen LogP contribution is 2.23. The molecule has 1 amide bonds. The third kappa shape index (κ3) is 4.07. The number of imidazole rings is 1. The topological polar surface area (TPSA) is 80.7 Å². The molecule has 2 N–H and O–H groups in total. The number of nitrogens with one attached hydrogen (secondary N) is 2. The van der Waals surface area contributed by atoms with Crippen molar-refractivity contribution < 1.29 is 14.3 Å². The van der Waals surface area contributed by atoms with E-state index in [9.17, 15) is 4.79 Å². The minimum absolute atomic E-state index is 0.0697. The number of nitrogens with zero attached hydrogens (tertiary/aromatic N) is 3. The number of aromatic nitrogens is 2. The SMILES string of the molecule is Cn1c(N2CCOCC2)nc2cc(C(=O)NC[C@@H]3CNCCOC3)ccc21. The van der Waals surface area contributed by atoms with E-state index in [2.05, 4.69) is 20.1 Å². The van der Waals surface area contributed by atoms with Crippen LogP contribution in [0.15, 0.2) is 18.2 Å². The van der Waals surface area contributed by atoms with Crippen LogP contribution in [0.4, 0.5) is 5.95 Å². The largest absolute Gasteiger partial charge is 0.380 e. The van der Waals surface area contributed by atoms with Crippen LogP contribution in [0.2, 0.25) is 0 Å². The van der Waals surface area contributed by atoms with E-state index in [4.69, 9.17) is 14.5 Å². The van der Waals surface area contributed by atoms with Crippen molar-refractivity contribution in [2.45, 2.75) is 0 Å². The van der Waals surface area contributed by atoms with Gasteiger partial charge >= 0.3 is 0 Å². The molecule has 2 aliphatic rings. The number of fused-ring (bicyclic) bond motifs is 1. The van der Waals surface area contributed by atoms with E-state index in [-0.39, 0.29) is 5.91 Å². The lowest BCUT2D eigenvalue weighted by molar-refractivity contribution is 0.0921. The van der Waals surface area contributed by atoms with E-state index in [0.29, 0.717) is 24.6 Å². The Morgan fingerprint density at radius 2 is 2.15 bits per heavy atom. The number of anilines is 1. The molecule has 27 heavy (non-hydrogen) atoms. The number of amides is 1. The van der Waals surface area contributed by atoms with Crippen molar-refractivity contribution in [2.24, 2.45) is 13.0 Å². The molecule has 3 heterocycles. The Morgan fingerprint density at radius 3 is 3.00 bits per heavy atom. The third-order valence-electron chi connectivity index (χ3n) is 5.17. The van der Waals surface area contributed by atoms with Crippen molar-refractivity contribution in [2.75, 3.05) is 64.1 Å². The lowest BCUT2D eigenvalue weighted by Crippen LogP contribution is -2.37. The van der Waals surface area contributed by atoms with Crippen molar-refractivity contribution in [3.8, 4) is 0 Å². The van der Waals surface area contributed by atoms with Gasteiger partial charge in [0.1, 0.15) is 0 Å². The second kappa shape index (κ2) is 8.24. The molecule has 2 aromatic rings. The zero-order chi connectivity index (χ0) is 18.6. The molecule has 0 bridgehead atoms. The van der Waals surface area contributed by atoms with E-state index >= 15 is 0 Å². The fraction of sp³-hybridized carbons (Fsp3) is 0.579. The molecule has 0 spiro atoms. The quantitative estimate of drug-likeness (QED) is 0.806. The Hall–Kier alpha value is -2.16. The van der Waals surface area contributed by atoms with Gasteiger partial charge < -0.3 is 29.6 Å². The maximum absolute atomic E-state index is 12.6. The highest BCUT2D eigenvalue weighted by atomic mass is 16.5. The predicted octanol–water partition coefficient (Wildman–Crippen LogP) is 0.376. The van der Waals surface area contributed by atoms with E-state index in [0.717, 1.165) is 63.0 Å². The van der Waals surface area contributed by atoms with Crippen LogP contribution in [-0.2, 0) is 16.5 Å². The molecule has 1 atom stereocenters. The summed E-state index contributed by atoms with van der Waals surface area (Å²) in [5.74, 6) is 1.15. The number of morpholine rings is 1. The molecular weight excluding hydrogens is 346 g/mol. The summed E-state index contributed by atoms with van der Waals surface area (Å²) in [6.07, 6.45) is 0. The first-order valence-corrected chi connectivity index (χ1v) is 9.58. The molecule has 1 aromatic carbocycles. The van der Waals surface area contributed by atoms with Crippen LogP contribution < -0.4 is 15.5 Å². The first kappa shape index (κ1) is 18.2. The first-order valence-electron chi connectivity index (χ1n) is 9.58. The molecule has 8 nitrogen and oxygen atoms in total. The molecule has 0 aliphatic carbocycles. The van der Waals surface area contributed by atoms with E-state index in [1.54, 1.807) is 0 Å². The van der Waals surface area contributed by atoms with Crippen molar-refractivity contribution >= 4 is 22.9 Å². The fourth-order valence-corrected chi connectivity index (χ4v) is 3.60. The molecule has 0 saturated carbocycles. The summed E-state index contributed by atoms with van der Waals surface area (Å²) in [4.78, 5) is 19.6. The molecule has 2 aliphatic heterocycles. The van der Waals surface area contributed by atoms with Crippen LogP contribution in [0, 0.1) is 5.92 Å². The van der Waals surface area contributed by atoms with Gasteiger partial charge in [0.05, 0.1) is 37.5 Å². The minimum Gasteiger partial charge on any atom is -0.380 e. The highest BCUT2D eigenvalue weighted by Gasteiger charge is 2.19. The molecule has 8 heteroatoms. The van der Waals surface area contributed by atoms with E-state index in [1.165, 1.54) is 0 Å². The van der Waals surface area contributed by atoms with Gasteiger partial charge in [0.2, 0.25) is 5.95 Å². The number of carbonyl (C=O) groups is 1. The third-order valence-corrected chi connectivity index (χ3v) is 5.17. The Labute approximate surface area is 158 Å². The van der Waals surface area contributed by atoms with Crippen molar-refractivity contribution in [3.63, 3.8) is 0 Å². The standard InChI is InChI=1S/C19H27N5O3/c1-23-17-3-2-15(18(25)21-12-14-11-20-4-7-27-13-14)10-16(17)22-19(23)24-5-8-26-9-6-24/h2-3,10,14,20H,4-9,11-13H2,1H3,(H,21,25)/t14-/m0/s1. The van der Waals surface area contributed by atoms with Crippen LogP contribution >= 0.6 is 0 Å². The summed E-state index contributed by atoms with van der Waals surface area (Å²) >= 11 is 0. The van der Waals surface area contributed by atoms with Gasteiger partial charge in [0.15, 0.2) is 0 Å². The fourth-order valence-electron chi connectivity index (χ4n) is 3.60. The Kier molecular flexibility index (Phi) is 5.56. The van der Waals surface area contributed by atoms with Crippen LogP contribution in [0.25, 0.3) is 11.0 Å². The summed E-state index contributed by atoms with van der Waals surface area (Å²) < 4.78 is 13.0. The molecule has 2 saturated heterocycles. The lowest BCUT2D eigenvalue weighted by atomic mass is 10.1. The summed E-state index contributed by atoms with van der Waals surface area (Å²) in [5.41, 5.74) is 2.50. The van der Waals surface area contributed by atoms with Crippen molar-refractivity contribution in [1.29, 1.82) is 0 Å². The molecule has 146 valence electrons. The van der Waals surface area contributed by atoms with Crippen LogP contribution in [0.1, 0.15) is 10.4 Å². The van der Waals surface area contributed by atoms with Gasteiger partial charge in [-0.3, -0.25) is 4.79 Å². The number of benzene rings is 1. The van der Waals surface area contributed by atoms with Gasteiger partial charge in [-0.05, 0) is 18.2 Å². The van der Waals surface area contributed by atoms with Gasteiger partial charge in [-0.25, -0.2) is 4.98 Å². The molecule has 4 rings (SSSR count). The Morgan fingerprint density at radius 1 is 1.30 bits per heavy atom. The van der Waals surface area contributed by atoms with E-state index in [1.807, 2.05) is 25.2 Å². The van der Waals surface area contributed by atoms with Crippen LogP contribution in [-0.4, -0.2) is 74.6 Å². The second-order valence-electron chi connectivity index (χ2n) is 7.13. The predicted molar refractivity (Wildman–Crippen MR) is 103 cm³/mol. The summed E-state index contributed by atoms with van der Waals surface area (Å²) in [6.45, 7) is 6.85. The molecule has 2 fully saturated rings. The number of hydrogen-bond acceptors (Lipinski definition) is 6. The number of rotatable bonds is 4. The number of ether oxygens (including phenoxy) is 2. The monoisotopic (exact) mass is 373 g/mol. The van der Waals surface area contributed by atoms with Crippen LogP contribution in [0.5, 0.6) is 0 Å². The average molecular weight is 373 g/mol. The van der Waals surface area contributed by atoms with Crippen molar-refractivity contribution in [1.82, 2.24) is 20.2 Å². The number of carbonyl (C=O) groups excluding carboxylic acids is 1. The van der Waals surface area contributed by atoms with Crippen LogP contribution in [0.3, 0.4) is 0 Å². The maximum atomic E-state index is 12.6. The number of hydrogen-bond donors (Lipinski definition) is 2. The Bertz CT molecular complexity index is 792. The molecule has 0 radical (unpaired) electrons. The van der Waals surface area contributed by atoms with Gasteiger partial charge in [0.25, 0.3) is 5.91 Å². The maximum Gasteiger partial charge on any atom is 0.251 e. The number of aryl methyl sites for hydroxylation is 1. The molecule has 1 aromatic heterocycles. The Balaban J connectivity index is 1.46. The smallest absolute Gasteiger partial charge is 0.251 e. The first-order chi connectivity index (χ1) is 13.2.